The maximum Gasteiger partial charge on any atom is 0.164 e. The van der Waals surface area contributed by atoms with Gasteiger partial charge in [0.05, 0.1) is 11.0 Å². The number of aromatic nitrogens is 4. The maximum atomic E-state index is 5.33. The zero-order chi connectivity index (χ0) is 42.6. The summed E-state index contributed by atoms with van der Waals surface area (Å²) < 4.78 is 2.37. The van der Waals surface area contributed by atoms with Gasteiger partial charge in [-0.05, 0) is 112 Å². The van der Waals surface area contributed by atoms with E-state index < -0.39 is 0 Å². The number of rotatable bonds is 5. The Hall–Kier alpha value is -8.73. The third-order valence-electron chi connectivity index (χ3n) is 13.5. The molecule has 0 aliphatic carbocycles. The van der Waals surface area contributed by atoms with Crippen molar-refractivity contribution in [3.8, 4) is 51.0 Å². The van der Waals surface area contributed by atoms with Gasteiger partial charge in [0.1, 0.15) is 0 Å². The summed E-state index contributed by atoms with van der Waals surface area (Å²) in [5.74, 6) is 1.90. The molecule has 300 valence electrons. The van der Waals surface area contributed by atoms with Crippen LogP contribution in [0.4, 0.5) is 0 Å². The van der Waals surface area contributed by atoms with Crippen LogP contribution in [0.25, 0.3) is 137 Å². The second kappa shape index (κ2) is 13.9. The fourth-order valence-electron chi connectivity index (χ4n) is 10.7. The first kappa shape index (κ1) is 35.8. The monoisotopic (exact) mass is 824 g/mol. The molecule has 0 amide bonds. The van der Waals surface area contributed by atoms with Crippen LogP contribution < -0.4 is 0 Å². The highest BCUT2D eigenvalue weighted by atomic mass is 15.0. The molecule has 4 nitrogen and oxygen atoms in total. The van der Waals surface area contributed by atoms with Crippen LogP contribution in [0, 0.1) is 0 Å². The Morgan fingerprint density at radius 3 is 1.37 bits per heavy atom. The molecule has 0 radical (unpaired) electrons. The fourth-order valence-corrected chi connectivity index (χ4v) is 10.7. The molecule has 0 saturated heterocycles. The predicted octanol–water partition coefficient (Wildman–Crippen LogP) is 16.0. The second-order valence-corrected chi connectivity index (χ2v) is 17.1. The first-order valence-electron chi connectivity index (χ1n) is 22.2. The average Bonchev–Trinajstić information content (AvgIpc) is 3.72. The molecule has 0 fully saturated rings. The third-order valence-corrected chi connectivity index (χ3v) is 13.5. The van der Waals surface area contributed by atoms with Crippen LogP contribution in [-0.2, 0) is 0 Å². The van der Waals surface area contributed by atoms with Crippen LogP contribution in [0.15, 0.2) is 218 Å². The van der Waals surface area contributed by atoms with Gasteiger partial charge in [0.25, 0.3) is 0 Å². The largest absolute Gasteiger partial charge is 0.309 e. The second-order valence-electron chi connectivity index (χ2n) is 17.1. The quantitative estimate of drug-likeness (QED) is 0.162. The Balaban J connectivity index is 0.985. The summed E-state index contributed by atoms with van der Waals surface area (Å²) in [6, 6.07) is 78.7. The van der Waals surface area contributed by atoms with Gasteiger partial charge in [-0.1, -0.05) is 182 Å². The number of nitrogens with zero attached hydrogens (tertiary/aromatic N) is 4. The fraction of sp³-hybridized carbons (Fsp3) is 0. The van der Waals surface area contributed by atoms with E-state index in [1.54, 1.807) is 0 Å². The summed E-state index contributed by atoms with van der Waals surface area (Å²) in [5.41, 5.74) is 8.63. The van der Waals surface area contributed by atoms with Crippen LogP contribution in [0.1, 0.15) is 0 Å². The van der Waals surface area contributed by atoms with E-state index in [4.69, 9.17) is 15.0 Å². The molecule has 0 bridgehead atoms. The van der Waals surface area contributed by atoms with Gasteiger partial charge in [-0.3, -0.25) is 0 Å². The van der Waals surface area contributed by atoms with E-state index >= 15 is 0 Å². The average molecular weight is 825 g/mol. The van der Waals surface area contributed by atoms with E-state index in [9.17, 15) is 0 Å². The highest BCUT2D eigenvalue weighted by Gasteiger charge is 2.20. The van der Waals surface area contributed by atoms with E-state index in [0.717, 1.165) is 33.3 Å². The topological polar surface area (TPSA) is 43.6 Å². The SMILES string of the molecule is c1ccc(-c2nc(-c3ccc(-c4cccc5c4c4ccccc4n5-c4ccccc4)cc3)nc(-c3cc4ccc5cccc6c7cccc8ccc9cccc(c(c3)c4c56)c9c87)n2)cc1. The Morgan fingerprint density at radius 1 is 0.262 bits per heavy atom. The highest BCUT2D eigenvalue weighted by Crippen LogP contribution is 2.45. The minimum atomic E-state index is 0.628. The molecule has 0 saturated carbocycles. The lowest BCUT2D eigenvalue weighted by molar-refractivity contribution is 1.07. The van der Waals surface area contributed by atoms with E-state index in [-0.39, 0.29) is 0 Å². The summed E-state index contributed by atoms with van der Waals surface area (Å²) in [6.07, 6.45) is 0. The van der Waals surface area contributed by atoms with Crippen molar-refractivity contribution in [3.05, 3.63) is 218 Å². The van der Waals surface area contributed by atoms with Crippen molar-refractivity contribution in [2.24, 2.45) is 0 Å². The molecular weight excluding hydrogens is 789 g/mol. The first-order valence-corrected chi connectivity index (χ1v) is 22.2. The van der Waals surface area contributed by atoms with Crippen LogP contribution in [0.3, 0.4) is 0 Å². The first-order chi connectivity index (χ1) is 32.2. The van der Waals surface area contributed by atoms with Crippen molar-refractivity contribution in [1.82, 2.24) is 19.5 Å². The smallest absolute Gasteiger partial charge is 0.164 e. The summed E-state index contributed by atoms with van der Waals surface area (Å²) in [7, 11) is 0. The van der Waals surface area contributed by atoms with E-state index in [2.05, 4.69) is 205 Å². The van der Waals surface area contributed by atoms with Crippen molar-refractivity contribution in [2.45, 2.75) is 0 Å². The Morgan fingerprint density at radius 2 is 0.723 bits per heavy atom. The minimum Gasteiger partial charge on any atom is -0.309 e. The normalized spacial score (nSPS) is 12.0. The molecule has 0 N–H and O–H groups in total. The molecular formula is C61H36N4. The lowest BCUT2D eigenvalue weighted by Gasteiger charge is -2.17. The molecule has 12 aromatic carbocycles. The van der Waals surface area contributed by atoms with Gasteiger partial charge >= 0.3 is 0 Å². The standard InChI is InChI=1S/C61H36N4/c1-3-13-41(14-4-1)59-62-60(42-32-27-37(28-33-42)46-21-12-26-53-58(46)50-20-7-8-25-52(50)65(53)45-18-5-2-6-19-45)64-61(63-59)44-35-43-34-31-40-16-10-23-48-47-22-9-15-38-29-30-39-17-11-24-49(56(39)54(38)47)51(36-44)57(43)55(40)48/h1-36H. The summed E-state index contributed by atoms with van der Waals surface area (Å²) >= 11 is 0. The van der Waals surface area contributed by atoms with Crippen molar-refractivity contribution < 1.29 is 0 Å². The van der Waals surface area contributed by atoms with Crippen LogP contribution >= 0.6 is 0 Å². The summed E-state index contributed by atoms with van der Waals surface area (Å²) in [5, 5.41) is 17.3. The maximum absolute atomic E-state index is 5.33. The van der Waals surface area contributed by atoms with Gasteiger partial charge in [0, 0.05) is 33.2 Å². The molecule has 14 rings (SSSR count). The van der Waals surface area contributed by atoms with Gasteiger partial charge < -0.3 is 4.57 Å². The van der Waals surface area contributed by atoms with Gasteiger partial charge in [-0.2, -0.15) is 0 Å². The van der Waals surface area contributed by atoms with Crippen LogP contribution in [0.2, 0.25) is 0 Å². The zero-order valence-corrected chi connectivity index (χ0v) is 35.1. The van der Waals surface area contributed by atoms with E-state index in [1.165, 1.54) is 86.6 Å². The lowest BCUT2D eigenvalue weighted by Crippen LogP contribution is -2.00. The lowest BCUT2D eigenvalue weighted by atomic mass is 9.87. The summed E-state index contributed by atoms with van der Waals surface area (Å²) in [6.45, 7) is 0. The molecule has 2 aromatic heterocycles. The van der Waals surface area contributed by atoms with Gasteiger partial charge in [0.2, 0.25) is 0 Å². The van der Waals surface area contributed by atoms with Crippen molar-refractivity contribution >= 4 is 86.4 Å². The molecule has 0 atom stereocenters. The molecule has 0 spiro atoms. The number of hydrogen-bond acceptors (Lipinski definition) is 3. The van der Waals surface area contributed by atoms with Crippen LogP contribution in [0.5, 0.6) is 0 Å². The van der Waals surface area contributed by atoms with Gasteiger partial charge in [-0.15, -0.1) is 0 Å². The van der Waals surface area contributed by atoms with Crippen LogP contribution in [-0.4, -0.2) is 19.5 Å². The number of fused-ring (bicyclic) bond motifs is 5. The third kappa shape index (κ3) is 5.41. The molecule has 14 aromatic rings. The minimum absolute atomic E-state index is 0.628. The van der Waals surface area contributed by atoms with Crippen molar-refractivity contribution in [2.75, 3.05) is 0 Å². The van der Waals surface area contributed by atoms with Crippen molar-refractivity contribution in [1.29, 1.82) is 0 Å². The Kier molecular flexibility index (Phi) is 7.65. The number of para-hydroxylation sites is 2. The Bertz CT molecular complexity index is 4200. The molecule has 2 heterocycles. The van der Waals surface area contributed by atoms with E-state index in [1.807, 2.05) is 18.2 Å². The molecule has 0 unspecified atom stereocenters. The number of hydrogen-bond donors (Lipinski definition) is 0. The molecule has 4 heteroatoms. The van der Waals surface area contributed by atoms with Crippen molar-refractivity contribution in [3.63, 3.8) is 0 Å². The number of benzene rings is 11. The van der Waals surface area contributed by atoms with E-state index in [0.29, 0.717) is 17.5 Å². The Labute approximate surface area is 373 Å². The predicted molar refractivity (Wildman–Crippen MR) is 272 cm³/mol. The molecule has 0 aliphatic rings. The molecule has 0 aliphatic heterocycles. The summed E-state index contributed by atoms with van der Waals surface area (Å²) in [4.78, 5) is 15.8. The van der Waals surface area contributed by atoms with Gasteiger partial charge in [-0.25, -0.2) is 15.0 Å². The highest BCUT2D eigenvalue weighted by molar-refractivity contribution is 6.37. The van der Waals surface area contributed by atoms with Gasteiger partial charge in [0.15, 0.2) is 17.5 Å². The zero-order valence-electron chi connectivity index (χ0n) is 35.1. The molecule has 65 heavy (non-hydrogen) atoms.